The SMILES string of the molecule is CNCc1ccc(C(N)=CC(=O)c2nc(-c3ccc(=O)n(CC4CCCCO4)c3)cnc2C)cc1.[HH]. The van der Waals surface area contributed by atoms with Crippen LogP contribution in [0.1, 0.15) is 48.0 Å². The first-order valence-electron chi connectivity index (χ1n) is 11.9. The summed E-state index contributed by atoms with van der Waals surface area (Å²) in [5.74, 6) is -0.322. The summed E-state index contributed by atoms with van der Waals surface area (Å²) in [5.41, 5.74) is 10.3. The van der Waals surface area contributed by atoms with Crippen LogP contribution in [-0.2, 0) is 17.8 Å². The van der Waals surface area contributed by atoms with Gasteiger partial charge in [0.15, 0.2) is 0 Å². The maximum Gasteiger partial charge on any atom is 0.250 e. The first-order chi connectivity index (χ1) is 16.9. The van der Waals surface area contributed by atoms with Crippen molar-refractivity contribution < 1.29 is 11.0 Å². The summed E-state index contributed by atoms with van der Waals surface area (Å²) in [5, 5.41) is 3.10. The van der Waals surface area contributed by atoms with Gasteiger partial charge in [-0.1, -0.05) is 24.3 Å². The molecule has 3 aromatic rings. The van der Waals surface area contributed by atoms with Crippen molar-refractivity contribution in [2.24, 2.45) is 5.73 Å². The molecule has 1 fully saturated rings. The van der Waals surface area contributed by atoms with Gasteiger partial charge in [-0.05, 0) is 50.4 Å². The summed E-state index contributed by atoms with van der Waals surface area (Å²) in [4.78, 5) is 34.4. The Labute approximate surface area is 206 Å². The zero-order valence-corrected chi connectivity index (χ0v) is 20.2. The fourth-order valence-electron chi connectivity index (χ4n) is 4.13. The Bertz CT molecular complexity index is 1280. The van der Waals surface area contributed by atoms with Crippen LogP contribution in [0.2, 0.25) is 0 Å². The Hall–Kier alpha value is -3.62. The highest BCUT2D eigenvalue weighted by Crippen LogP contribution is 2.19. The predicted octanol–water partition coefficient (Wildman–Crippen LogP) is 3.33. The van der Waals surface area contributed by atoms with Gasteiger partial charge in [-0.2, -0.15) is 0 Å². The number of nitrogens with two attached hydrogens (primary N) is 1. The lowest BCUT2D eigenvalue weighted by Crippen LogP contribution is -2.30. The summed E-state index contributed by atoms with van der Waals surface area (Å²) in [6, 6.07) is 10.9. The molecule has 0 bridgehead atoms. The molecule has 8 nitrogen and oxygen atoms in total. The molecule has 2 aromatic heterocycles. The molecule has 1 aromatic carbocycles. The number of ketones is 1. The third-order valence-corrected chi connectivity index (χ3v) is 6.10. The molecule has 4 rings (SSSR count). The lowest BCUT2D eigenvalue weighted by Gasteiger charge is -2.23. The second kappa shape index (κ2) is 11.2. The van der Waals surface area contributed by atoms with E-state index >= 15 is 0 Å². The Balaban J connectivity index is 0.00000361. The van der Waals surface area contributed by atoms with Crippen molar-refractivity contribution in [3.8, 4) is 11.3 Å². The van der Waals surface area contributed by atoms with Gasteiger partial charge in [0.25, 0.3) is 5.56 Å². The van der Waals surface area contributed by atoms with Gasteiger partial charge in [0.2, 0.25) is 5.78 Å². The molecule has 184 valence electrons. The van der Waals surface area contributed by atoms with Crippen LogP contribution in [0.5, 0.6) is 0 Å². The minimum absolute atomic E-state index is 0. The zero-order chi connectivity index (χ0) is 24.8. The number of pyridine rings is 1. The van der Waals surface area contributed by atoms with Crippen LogP contribution in [0.25, 0.3) is 17.0 Å². The number of nitrogens with one attached hydrogen (secondary N) is 1. The number of carbonyl (C=O) groups is 1. The molecular formula is C27H33N5O3. The van der Waals surface area contributed by atoms with Crippen LogP contribution in [-0.4, -0.2) is 40.1 Å². The maximum atomic E-state index is 13.0. The van der Waals surface area contributed by atoms with Crippen molar-refractivity contribution in [2.45, 2.75) is 45.4 Å². The Morgan fingerprint density at radius 1 is 1.26 bits per heavy atom. The fourth-order valence-corrected chi connectivity index (χ4v) is 4.13. The summed E-state index contributed by atoms with van der Waals surface area (Å²) in [6.45, 7) is 3.71. The summed E-state index contributed by atoms with van der Waals surface area (Å²) >= 11 is 0. The number of ether oxygens (including phenoxy) is 1. The van der Waals surface area contributed by atoms with Crippen LogP contribution in [0.4, 0.5) is 0 Å². The molecule has 35 heavy (non-hydrogen) atoms. The predicted molar refractivity (Wildman–Crippen MR) is 138 cm³/mol. The number of nitrogens with zero attached hydrogens (tertiary/aromatic N) is 3. The van der Waals surface area contributed by atoms with Crippen LogP contribution >= 0.6 is 0 Å². The number of hydrogen-bond acceptors (Lipinski definition) is 7. The second-order valence-electron chi connectivity index (χ2n) is 8.78. The average molecular weight is 476 g/mol. The third-order valence-electron chi connectivity index (χ3n) is 6.10. The molecule has 1 atom stereocenters. The smallest absolute Gasteiger partial charge is 0.250 e. The molecular weight excluding hydrogens is 442 g/mol. The van der Waals surface area contributed by atoms with Crippen LogP contribution in [0, 0.1) is 6.92 Å². The molecule has 1 aliphatic heterocycles. The number of rotatable bonds is 8. The van der Waals surface area contributed by atoms with Crippen molar-refractivity contribution in [1.29, 1.82) is 0 Å². The summed E-state index contributed by atoms with van der Waals surface area (Å²) in [6.07, 6.45) is 7.87. The van der Waals surface area contributed by atoms with Gasteiger partial charge in [-0.25, -0.2) is 4.98 Å². The molecule has 3 N–H and O–H groups in total. The van der Waals surface area contributed by atoms with Gasteiger partial charge < -0.3 is 20.4 Å². The van der Waals surface area contributed by atoms with Gasteiger partial charge in [0.05, 0.1) is 30.2 Å². The standard InChI is InChI=1S/C27H31N5O3.H2/c1-18-27(25(33)13-23(28)20-8-6-19(7-9-20)14-29-2)31-24(15-30-18)21-10-11-26(34)32(16-21)17-22-5-3-4-12-35-22;/h6-11,13,15-16,22,29H,3-5,12,14,17,28H2,1-2H3;1H. The van der Waals surface area contributed by atoms with E-state index in [1.165, 1.54) is 12.1 Å². The topological polar surface area (TPSA) is 112 Å². The molecule has 0 radical (unpaired) electrons. The van der Waals surface area contributed by atoms with Gasteiger partial charge in [-0.3, -0.25) is 14.6 Å². The highest BCUT2D eigenvalue weighted by Gasteiger charge is 2.17. The molecule has 3 heterocycles. The fraction of sp³-hybridized carbons (Fsp3) is 0.333. The lowest BCUT2D eigenvalue weighted by atomic mass is 10.1. The summed E-state index contributed by atoms with van der Waals surface area (Å²) < 4.78 is 7.43. The number of aromatic nitrogens is 3. The van der Waals surface area contributed by atoms with E-state index in [0.717, 1.165) is 43.5 Å². The maximum absolute atomic E-state index is 13.0. The molecule has 0 spiro atoms. The number of allylic oxidation sites excluding steroid dienone is 1. The largest absolute Gasteiger partial charge is 0.398 e. The van der Waals surface area contributed by atoms with Crippen LogP contribution in [0.15, 0.2) is 59.7 Å². The van der Waals surface area contributed by atoms with Crippen molar-refractivity contribution in [3.05, 3.63) is 87.7 Å². The quantitative estimate of drug-likeness (QED) is 0.380. The number of aryl methyl sites for hydroxylation is 1. The summed E-state index contributed by atoms with van der Waals surface area (Å²) in [7, 11) is 1.89. The number of hydrogen-bond donors (Lipinski definition) is 2. The Morgan fingerprint density at radius 3 is 2.77 bits per heavy atom. The van der Waals surface area contributed by atoms with Gasteiger partial charge >= 0.3 is 0 Å². The molecule has 0 aliphatic carbocycles. The van der Waals surface area contributed by atoms with E-state index in [4.69, 9.17) is 10.5 Å². The number of benzene rings is 1. The minimum Gasteiger partial charge on any atom is -0.398 e. The molecule has 1 unspecified atom stereocenters. The first-order valence-corrected chi connectivity index (χ1v) is 11.9. The average Bonchev–Trinajstić information content (AvgIpc) is 2.87. The highest BCUT2D eigenvalue weighted by atomic mass is 16.5. The Morgan fingerprint density at radius 2 is 2.06 bits per heavy atom. The minimum atomic E-state index is -0.322. The second-order valence-corrected chi connectivity index (χ2v) is 8.78. The molecule has 1 aliphatic rings. The van der Waals surface area contributed by atoms with Crippen LogP contribution in [0.3, 0.4) is 0 Å². The normalized spacial score (nSPS) is 16.3. The molecule has 8 heteroatoms. The van der Waals surface area contributed by atoms with E-state index in [1.807, 2.05) is 31.3 Å². The molecule has 1 saturated heterocycles. The van der Waals surface area contributed by atoms with Gasteiger partial charge in [0, 0.05) is 44.2 Å². The Kier molecular flexibility index (Phi) is 7.84. The monoisotopic (exact) mass is 475 g/mol. The zero-order valence-electron chi connectivity index (χ0n) is 20.2. The van der Waals surface area contributed by atoms with E-state index in [-0.39, 0.29) is 24.6 Å². The van der Waals surface area contributed by atoms with Gasteiger partial charge in [-0.15, -0.1) is 0 Å². The molecule has 0 amide bonds. The van der Waals surface area contributed by atoms with E-state index in [1.54, 1.807) is 30.0 Å². The molecule has 0 saturated carbocycles. The number of carbonyl (C=O) groups excluding carboxylic acids is 1. The van der Waals surface area contributed by atoms with E-state index < -0.39 is 0 Å². The van der Waals surface area contributed by atoms with Crippen molar-refractivity contribution >= 4 is 11.5 Å². The van der Waals surface area contributed by atoms with E-state index in [2.05, 4.69) is 15.3 Å². The lowest BCUT2D eigenvalue weighted by molar-refractivity contribution is 0.00545. The van der Waals surface area contributed by atoms with Crippen molar-refractivity contribution in [2.75, 3.05) is 13.7 Å². The first kappa shape index (κ1) is 24.5. The van der Waals surface area contributed by atoms with Crippen LogP contribution < -0.4 is 16.6 Å². The van der Waals surface area contributed by atoms with Gasteiger partial charge in [0.1, 0.15) is 5.69 Å². The van der Waals surface area contributed by atoms with Crippen molar-refractivity contribution in [1.82, 2.24) is 19.9 Å². The highest BCUT2D eigenvalue weighted by molar-refractivity contribution is 6.07. The van der Waals surface area contributed by atoms with Crippen molar-refractivity contribution in [3.63, 3.8) is 0 Å². The third kappa shape index (κ3) is 6.09. The van der Waals surface area contributed by atoms with E-state index in [0.29, 0.717) is 29.2 Å². The van der Waals surface area contributed by atoms with E-state index in [9.17, 15) is 9.59 Å².